The van der Waals surface area contributed by atoms with E-state index in [1.165, 1.54) is 0 Å². The first-order chi connectivity index (χ1) is 1.91. The van der Waals surface area contributed by atoms with E-state index in [1.54, 1.807) is 0 Å². The lowest BCUT2D eigenvalue weighted by Crippen LogP contribution is -1.21. The van der Waals surface area contributed by atoms with E-state index in [1.807, 2.05) is 0 Å². The molecule has 0 aliphatic carbocycles. The number of hydrogen-bond donors (Lipinski definition) is 0. The maximum Gasteiger partial charge on any atom is 0.168 e. The zero-order valence-corrected chi connectivity index (χ0v) is 4.08. The normalized spacial score (nSPS) is 5.00. The molecule has 0 spiro atoms. The van der Waals surface area contributed by atoms with Crippen LogP contribution in [0.1, 0.15) is 0 Å². The summed E-state index contributed by atoms with van der Waals surface area (Å²) in [7, 11) is 1.14. The van der Waals surface area contributed by atoms with Gasteiger partial charge in [0.05, 0.1) is 0 Å². The van der Waals surface area contributed by atoms with E-state index in [2.05, 4.69) is 11.2 Å². The van der Waals surface area contributed by atoms with Gasteiger partial charge in [-0.25, -0.2) is 0 Å². The standard InChI is InChI=1S/OS3/c1-3-4-2. The van der Waals surface area contributed by atoms with E-state index in [0.29, 0.717) is 10.2 Å². The zero-order chi connectivity index (χ0) is 3.41. The Morgan fingerprint density at radius 1 is 1.75 bits per heavy atom. The van der Waals surface area contributed by atoms with Gasteiger partial charge < -0.3 is 0 Å². The topological polar surface area (TPSA) is 17.1 Å². The molecule has 0 heterocycles. The summed E-state index contributed by atoms with van der Waals surface area (Å²) in [6.07, 6.45) is 0. The Bertz CT molecular complexity index is 53.4. The fraction of sp³-hybridized carbons (Fsp3) is 0. The van der Waals surface area contributed by atoms with Gasteiger partial charge >= 0.3 is 0 Å². The summed E-state index contributed by atoms with van der Waals surface area (Å²) in [4.78, 5) is 0. The van der Waals surface area contributed by atoms with Gasteiger partial charge in [-0.05, 0) is 0 Å². The van der Waals surface area contributed by atoms with E-state index in [-0.39, 0.29) is 0 Å². The Morgan fingerprint density at radius 3 is 2.00 bits per heavy atom. The Hall–Kier alpha value is 0.460. The molecule has 24 valence electrons. The summed E-state index contributed by atoms with van der Waals surface area (Å²) in [5.74, 6) is 0. The minimum atomic E-state index is 0.338. The van der Waals surface area contributed by atoms with Gasteiger partial charge in [0.25, 0.3) is 0 Å². The summed E-state index contributed by atoms with van der Waals surface area (Å²) in [6.45, 7) is 0. The highest BCUT2D eigenvalue weighted by Gasteiger charge is 1.20. The molecule has 0 unspecified atom stereocenters. The van der Waals surface area contributed by atoms with Crippen LogP contribution in [0.25, 0.3) is 0 Å². The molecule has 0 saturated carbocycles. The summed E-state index contributed by atoms with van der Waals surface area (Å²) >= 11 is 4.12. The lowest BCUT2D eigenvalue weighted by atomic mass is 16.0. The molecule has 0 amide bonds. The first-order valence-electron chi connectivity index (χ1n) is 0.500. The van der Waals surface area contributed by atoms with E-state index >= 15 is 0 Å². The molecule has 0 aromatic carbocycles. The van der Waals surface area contributed by atoms with Crippen LogP contribution in [-0.4, -0.2) is 4.21 Å². The van der Waals surface area contributed by atoms with Crippen molar-refractivity contribution in [3.05, 3.63) is 0 Å². The molecule has 0 rings (SSSR count). The van der Waals surface area contributed by atoms with E-state index in [4.69, 9.17) is 4.21 Å². The molecule has 4 heteroatoms. The molecule has 0 N–H and O–H groups in total. The van der Waals surface area contributed by atoms with Crippen LogP contribution in [0.2, 0.25) is 0 Å². The van der Waals surface area contributed by atoms with Crippen molar-refractivity contribution in [1.29, 1.82) is 0 Å². The molecule has 0 saturated heterocycles. The molecule has 0 bridgehead atoms. The van der Waals surface area contributed by atoms with Crippen LogP contribution < -0.4 is 0 Å². The van der Waals surface area contributed by atoms with Gasteiger partial charge in [-0.15, -0.1) is 0 Å². The summed E-state index contributed by atoms with van der Waals surface area (Å²) in [5, 5.41) is 0. The second-order valence-corrected chi connectivity index (χ2v) is 2.45. The van der Waals surface area contributed by atoms with Crippen LogP contribution >= 0.6 is 0 Å². The second-order valence-electron chi connectivity index (χ2n) is 0.136. The highest BCUT2D eigenvalue weighted by molar-refractivity contribution is 8.38. The van der Waals surface area contributed by atoms with Crippen LogP contribution in [0.5, 0.6) is 0 Å². The molecule has 0 aliphatic heterocycles. The fourth-order valence-corrected chi connectivity index (χ4v) is 0. The van der Waals surface area contributed by atoms with Gasteiger partial charge in [-0.2, -0.15) is 4.21 Å². The molecule has 0 fully saturated rings. The quantitative estimate of drug-likeness (QED) is 0.426. The van der Waals surface area contributed by atoms with Crippen LogP contribution in [-0.2, 0) is 30.3 Å². The van der Waals surface area contributed by atoms with Crippen LogP contribution in [0, 0.1) is 0 Å². The largest absolute Gasteiger partial charge is 0.200 e. The van der Waals surface area contributed by atoms with E-state index in [9.17, 15) is 0 Å². The van der Waals surface area contributed by atoms with E-state index in [0.717, 1.165) is 8.88 Å². The molecule has 1 nitrogen and oxygen atoms in total. The van der Waals surface area contributed by atoms with Crippen molar-refractivity contribution in [2.75, 3.05) is 0 Å². The summed E-state index contributed by atoms with van der Waals surface area (Å²) < 4.78 is 9.07. The predicted octanol–water partition coefficient (Wildman–Crippen LogP) is -0.341. The molecule has 0 aromatic rings. The van der Waals surface area contributed by atoms with Crippen molar-refractivity contribution in [2.24, 2.45) is 0 Å². The summed E-state index contributed by atoms with van der Waals surface area (Å²) in [6, 6.07) is 0. The van der Waals surface area contributed by atoms with Gasteiger partial charge in [-0.1, -0.05) is 0 Å². The highest BCUT2D eigenvalue weighted by atomic mass is 33.1. The lowest BCUT2D eigenvalue weighted by Gasteiger charge is -1.11. The first-order valence-corrected chi connectivity index (χ1v) is 3.50. The van der Waals surface area contributed by atoms with Gasteiger partial charge in [-0.3, -0.25) is 0 Å². The number of rotatable bonds is 0. The van der Waals surface area contributed by atoms with Crippen molar-refractivity contribution >= 4 is 30.3 Å². The predicted molar refractivity (Wildman–Crippen MR) is 22.9 cm³/mol. The molecule has 0 radical (unpaired) electrons. The Morgan fingerprint density at radius 2 is 2.00 bits per heavy atom. The Balaban J connectivity index is 3.95. The monoisotopic (exact) mass is 112 g/mol. The Kier molecular flexibility index (Phi) is 3.86. The SMILES string of the molecule is O=S=S=S. The van der Waals surface area contributed by atoms with Crippen LogP contribution in [0.4, 0.5) is 0 Å². The van der Waals surface area contributed by atoms with Crippen LogP contribution in [0.3, 0.4) is 0 Å². The zero-order valence-electron chi connectivity index (χ0n) is 1.63. The number of hydrogen-bond acceptors (Lipinski definition) is 2. The average molecular weight is 112 g/mol. The van der Waals surface area contributed by atoms with Crippen molar-refractivity contribution in [1.82, 2.24) is 0 Å². The average Bonchev–Trinajstić information content (AvgIpc) is 1.37. The van der Waals surface area contributed by atoms with Gasteiger partial charge in [0.15, 0.2) is 10.2 Å². The highest BCUT2D eigenvalue weighted by Crippen LogP contribution is 1.11. The van der Waals surface area contributed by atoms with Crippen LogP contribution in [0.15, 0.2) is 0 Å². The van der Waals surface area contributed by atoms with Gasteiger partial charge in [0.2, 0.25) is 0 Å². The Labute approximate surface area is 35.0 Å². The smallest absolute Gasteiger partial charge is 0.168 e. The maximum atomic E-state index is 9.07. The minimum absolute atomic E-state index is 0.338. The fourth-order valence-electron chi connectivity index (χ4n) is 0. The second kappa shape index (κ2) is 3.46. The third kappa shape index (κ3) is 2.46. The molecule has 0 aromatic heterocycles. The molecular formula is OS3. The van der Waals surface area contributed by atoms with Gasteiger partial charge in [0, 0.05) is 20.1 Å². The molecule has 4 heavy (non-hydrogen) atoms. The van der Waals surface area contributed by atoms with Crippen molar-refractivity contribution in [3.8, 4) is 0 Å². The first kappa shape index (κ1) is 4.46. The minimum Gasteiger partial charge on any atom is -0.200 e. The van der Waals surface area contributed by atoms with Crippen molar-refractivity contribution in [3.63, 3.8) is 0 Å². The third-order valence-electron chi connectivity index (χ3n) is 0.0278. The lowest BCUT2D eigenvalue weighted by molar-refractivity contribution is 0.702. The molecular weight excluding hydrogens is 112 g/mol. The summed E-state index contributed by atoms with van der Waals surface area (Å²) in [5.41, 5.74) is 0. The van der Waals surface area contributed by atoms with Crippen molar-refractivity contribution in [2.45, 2.75) is 0 Å². The van der Waals surface area contributed by atoms with E-state index < -0.39 is 0 Å². The molecule has 0 aliphatic rings. The third-order valence-corrected chi connectivity index (χ3v) is 0.750. The molecule has 0 atom stereocenters. The maximum absolute atomic E-state index is 9.07. The van der Waals surface area contributed by atoms with Gasteiger partial charge in [0.1, 0.15) is 0 Å². The van der Waals surface area contributed by atoms with Crippen molar-refractivity contribution < 1.29 is 4.21 Å².